The lowest BCUT2D eigenvalue weighted by Gasteiger charge is -2.30. The highest BCUT2D eigenvalue weighted by molar-refractivity contribution is 7.87. The molecule has 360 valence electrons. The molecule has 16 nitrogen and oxygen atoms in total. The number of imidazole rings is 1. The second-order valence-electron chi connectivity index (χ2n) is 19.2. The predicted octanol–water partition coefficient (Wildman–Crippen LogP) is 7.63. The lowest BCUT2D eigenvalue weighted by atomic mass is 10.0. The first-order valence-corrected chi connectivity index (χ1v) is 25.5. The van der Waals surface area contributed by atoms with Crippen molar-refractivity contribution < 1.29 is 37.1 Å². The number of benzene rings is 3. The van der Waals surface area contributed by atoms with Gasteiger partial charge in [-0.1, -0.05) is 85.7 Å². The Labute approximate surface area is 401 Å². The summed E-state index contributed by atoms with van der Waals surface area (Å²) in [7, 11) is -1.60. The quantitative estimate of drug-likeness (QED) is 0.117. The maximum absolute atomic E-state index is 14.8. The van der Waals surface area contributed by atoms with E-state index >= 15 is 0 Å². The van der Waals surface area contributed by atoms with Gasteiger partial charge in [-0.3, -0.25) is 19.0 Å². The molecule has 2 aliphatic heterocycles. The second-order valence-corrected chi connectivity index (χ2v) is 22.0. The van der Waals surface area contributed by atoms with Crippen LogP contribution in [0.5, 0.6) is 6.01 Å². The molecule has 0 spiro atoms. The van der Waals surface area contributed by atoms with Gasteiger partial charge in [0, 0.05) is 49.0 Å². The number of nitrogens with one attached hydrogen (secondary N) is 3. The average Bonchev–Trinajstić information content (AvgIpc) is 3.63. The molecule has 8 rings (SSSR count). The number of carbonyl (C=O) groups is 4. The van der Waals surface area contributed by atoms with Gasteiger partial charge in [-0.05, 0) is 83.6 Å². The molecule has 2 aromatic heterocycles. The van der Waals surface area contributed by atoms with E-state index in [1.165, 1.54) is 30.3 Å². The van der Waals surface area contributed by atoms with Crippen LogP contribution in [-0.4, -0.2) is 106 Å². The van der Waals surface area contributed by atoms with Crippen molar-refractivity contribution >= 4 is 56.4 Å². The zero-order chi connectivity index (χ0) is 48.5. The van der Waals surface area contributed by atoms with Crippen molar-refractivity contribution in [2.75, 3.05) is 20.6 Å². The lowest BCUT2D eigenvalue weighted by molar-refractivity contribution is -0.141. The molecule has 2 fully saturated rings. The van der Waals surface area contributed by atoms with Crippen LogP contribution in [0.4, 0.5) is 4.79 Å². The molecule has 3 aromatic carbocycles. The molecule has 0 bridgehead atoms. The van der Waals surface area contributed by atoms with E-state index in [4.69, 9.17) is 19.4 Å². The van der Waals surface area contributed by atoms with Gasteiger partial charge >= 0.3 is 16.3 Å². The molecule has 0 radical (unpaired) electrons. The minimum Gasteiger partial charge on any atom is -0.459 e. The maximum Gasteiger partial charge on any atom is 0.408 e. The van der Waals surface area contributed by atoms with Crippen molar-refractivity contribution in [3.05, 3.63) is 90.3 Å². The van der Waals surface area contributed by atoms with Crippen molar-refractivity contribution in [1.82, 2.24) is 39.1 Å². The Morgan fingerprint density at radius 2 is 1.66 bits per heavy atom. The van der Waals surface area contributed by atoms with Crippen molar-refractivity contribution in [1.29, 1.82) is 0 Å². The number of rotatable bonds is 10. The standard InChI is InChI=1S/C50H60N8O8S2/c1-31(2)58-40-22-16-20-37(44-51-39(30-67-44)34-25-23-33(24-26-34)32-17-12-11-13-18-32)42(40)53-47(58)65-36-27-41-43(59)54-50(46(61)55-68(63,64)56(6)7)28-35(50)19-14-9-8-10-15-21-38(45(60)57(41)29-36)52-48(62)66-49(3,4)5/h11-14,16-20,22-26,30-31,35-36,38,41H,8-10,15,21,27-29H2,1-7H3,(H,52,62)(H,54,59)(H,55,61)/b19-14-/t35-,36+,38-,41-,50+/m0/s1. The monoisotopic (exact) mass is 964 g/mol. The number of amides is 4. The molecular formula is C50H60N8O8S2. The summed E-state index contributed by atoms with van der Waals surface area (Å²) < 4.78 is 43.1. The lowest BCUT2D eigenvalue weighted by Crippen LogP contribution is -2.58. The second kappa shape index (κ2) is 19.5. The highest BCUT2D eigenvalue weighted by atomic mass is 32.2. The van der Waals surface area contributed by atoms with Gasteiger partial charge in [-0.25, -0.2) is 14.5 Å². The van der Waals surface area contributed by atoms with E-state index in [2.05, 4.69) is 51.8 Å². The largest absolute Gasteiger partial charge is 0.459 e. The number of aromatic nitrogens is 3. The number of hydrogen-bond donors (Lipinski definition) is 3. The minimum atomic E-state index is -4.20. The zero-order valence-corrected chi connectivity index (χ0v) is 41.2. The summed E-state index contributed by atoms with van der Waals surface area (Å²) in [5, 5.41) is 8.48. The first-order chi connectivity index (χ1) is 32.3. The van der Waals surface area contributed by atoms with E-state index in [1.807, 2.05) is 72.3 Å². The van der Waals surface area contributed by atoms with Crippen LogP contribution in [0, 0.1) is 5.92 Å². The average molecular weight is 965 g/mol. The number of ether oxygens (including phenoxy) is 2. The van der Waals surface area contributed by atoms with Crippen LogP contribution in [0.25, 0.3) is 44.0 Å². The minimum absolute atomic E-state index is 0.0119. The van der Waals surface area contributed by atoms with Crippen molar-refractivity contribution in [3.63, 3.8) is 0 Å². The summed E-state index contributed by atoms with van der Waals surface area (Å²) in [4.78, 5) is 68.1. The molecule has 5 atom stereocenters. The number of para-hydroxylation sites is 1. The summed E-state index contributed by atoms with van der Waals surface area (Å²) in [6, 6.07) is 22.4. The van der Waals surface area contributed by atoms with Gasteiger partial charge in [0.2, 0.25) is 11.8 Å². The zero-order valence-electron chi connectivity index (χ0n) is 39.5. The maximum atomic E-state index is 14.8. The molecule has 1 saturated heterocycles. The van der Waals surface area contributed by atoms with Crippen molar-refractivity contribution in [3.8, 4) is 39.0 Å². The van der Waals surface area contributed by atoms with Gasteiger partial charge in [0.15, 0.2) is 0 Å². The number of alkyl carbamates (subject to hydrolysis) is 1. The van der Waals surface area contributed by atoms with Crippen LogP contribution in [-0.2, 0) is 29.3 Å². The van der Waals surface area contributed by atoms with Crippen LogP contribution < -0.4 is 20.1 Å². The molecule has 68 heavy (non-hydrogen) atoms. The normalized spacial score (nSPS) is 23.0. The van der Waals surface area contributed by atoms with Crippen molar-refractivity contribution in [2.24, 2.45) is 5.92 Å². The Hall–Kier alpha value is -6.11. The third-order valence-electron chi connectivity index (χ3n) is 12.5. The van der Waals surface area contributed by atoms with Gasteiger partial charge in [0.25, 0.3) is 11.9 Å². The van der Waals surface area contributed by atoms with E-state index in [0.29, 0.717) is 24.8 Å². The van der Waals surface area contributed by atoms with Crippen molar-refractivity contribution in [2.45, 2.75) is 115 Å². The van der Waals surface area contributed by atoms with E-state index in [1.54, 1.807) is 20.8 Å². The van der Waals surface area contributed by atoms with Crippen LogP contribution in [0.1, 0.15) is 85.6 Å². The first kappa shape index (κ1) is 48.4. The summed E-state index contributed by atoms with van der Waals surface area (Å²) in [6.45, 7) is 9.19. The molecular weight excluding hydrogens is 905 g/mol. The van der Waals surface area contributed by atoms with Gasteiger partial charge in [0.05, 0.1) is 17.8 Å². The highest BCUT2D eigenvalue weighted by Gasteiger charge is 2.62. The summed E-state index contributed by atoms with van der Waals surface area (Å²) in [5.74, 6) is -2.52. The molecule has 5 aromatic rings. The Morgan fingerprint density at radius 1 is 0.941 bits per heavy atom. The Morgan fingerprint density at radius 3 is 2.37 bits per heavy atom. The molecule has 0 unspecified atom stereocenters. The Bertz CT molecular complexity index is 2820. The number of allylic oxidation sites excluding steroid dienone is 1. The molecule has 3 N–H and O–H groups in total. The molecule has 1 aliphatic carbocycles. The highest BCUT2D eigenvalue weighted by Crippen LogP contribution is 2.46. The number of hydrogen-bond acceptors (Lipinski definition) is 11. The summed E-state index contributed by atoms with van der Waals surface area (Å²) in [6.07, 6.45) is 5.50. The molecule has 18 heteroatoms. The molecule has 3 aliphatic rings. The topological polar surface area (TPSA) is 194 Å². The third kappa shape index (κ3) is 10.5. The van der Waals surface area contributed by atoms with E-state index < -0.39 is 69.3 Å². The fourth-order valence-electron chi connectivity index (χ4n) is 8.91. The number of fused-ring (bicyclic) bond motifs is 3. The van der Waals surface area contributed by atoms with Crippen LogP contribution >= 0.6 is 11.3 Å². The van der Waals surface area contributed by atoms with E-state index in [9.17, 15) is 27.6 Å². The summed E-state index contributed by atoms with van der Waals surface area (Å²) >= 11 is 1.52. The van der Waals surface area contributed by atoms with Gasteiger partial charge in [-0.2, -0.15) is 17.7 Å². The molecule has 4 heterocycles. The first-order valence-electron chi connectivity index (χ1n) is 23.2. The molecule has 4 amide bonds. The third-order valence-corrected chi connectivity index (χ3v) is 14.8. The smallest absolute Gasteiger partial charge is 0.408 e. The Kier molecular flexibility index (Phi) is 13.8. The van der Waals surface area contributed by atoms with E-state index in [0.717, 1.165) is 55.6 Å². The number of nitrogens with zero attached hydrogens (tertiary/aromatic N) is 5. The fraction of sp³-hybridized carbons (Fsp3) is 0.440. The number of carbonyl (C=O) groups excluding carboxylic acids is 4. The van der Waals surface area contributed by atoms with Crippen LogP contribution in [0.3, 0.4) is 0 Å². The number of thiazole rings is 1. The summed E-state index contributed by atoms with van der Waals surface area (Å²) in [5.41, 5.74) is 3.97. The SMILES string of the molecule is CC(C)n1c(O[C@@H]2C[C@H]3C(=O)N[C@]4(C(=O)NS(=O)(=O)N(C)C)C[C@@H]4/C=C\CCCCC[C@H](NC(=O)OC(C)(C)C)C(=O)N3C2)nc2c(-c3nc(-c4ccc(-c5ccccc5)cc4)cs3)cccc21. The fourth-order valence-corrected chi connectivity index (χ4v) is 10.4. The Balaban J connectivity index is 1.10. The van der Waals surface area contributed by atoms with E-state index in [-0.39, 0.29) is 31.4 Å². The molecule has 1 saturated carbocycles. The van der Waals surface area contributed by atoms with Crippen LogP contribution in [0.15, 0.2) is 90.3 Å². The van der Waals surface area contributed by atoms with Gasteiger partial charge in [-0.15, -0.1) is 11.3 Å². The predicted molar refractivity (Wildman–Crippen MR) is 262 cm³/mol. The van der Waals surface area contributed by atoms with Crippen LogP contribution in [0.2, 0.25) is 0 Å². The van der Waals surface area contributed by atoms with Gasteiger partial charge < -0.3 is 25.0 Å². The van der Waals surface area contributed by atoms with Gasteiger partial charge in [0.1, 0.15) is 39.9 Å².